The minimum Gasteiger partial charge on any atom is -0.497 e. The Labute approximate surface area is 169 Å². The molecule has 0 saturated carbocycles. The van der Waals surface area contributed by atoms with Crippen molar-refractivity contribution in [1.82, 2.24) is 0 Å². The van der Waals surface area contributed by atoms with Gasteiger partial charge in [0.1, 0.15) is 11.5 Å². The Morgan fingerprint density at radius 2 is 1.80 bits per heavy atom. The number of alkyl halides is 5. The first kappa shape index (κ1) is 23.9. The Morgan fingerprint density at radius 1 is 1.13 bits per heavy atom. The van der Waals surface area contributed by atoms with E-state index in [0.29, 0.717) is 11.3 Å². The molecule has 0 amide bonds. The molecule has 0 unspecified atom stereocenters. The molecular weight excluding hydrogens is 439 g/mol. The highest BCUT2D eigenvalue weighted by molar-refractivity contribution is 7.87. The number of carbonyl (C=O) groups excluding carboxylic acids is 1. The van der Waals surface area contributed by atoms with Gasteiger partial charge in [0.2, 0.25) is 0 Å². The molecule has 0 atom stereocenters. The van der Waals surface area contributed by atoms with Gasteiger partial charge in [-0.3, -0.25) is 0 Å². The first-order chi connectivity index (χ1) is 13.8. The summed E-state index contributed by atoms with van der Waals surface area (Å²) >= 11 is 0. The maximum atomic E-state index is 14.3. The summed E-state index contributed by atoms with van der Waals surface area (Å²) in [4.78, 5) is 11.6. The number of halogens is 5. The third kappa shape index (κ3) is 5.21. The van der Waals surface area contributed by atoms with Crippen molar-refractivity contribution in [3.05, 3.63) is 34.9 Å². The number of hydrogen-bond acceptors (Lipinski definition) is 6. The molecule has 168 valence electrons. The predicted octanol–water partition coefficient (Wildman–Crippen LogP) is 4.20. The van der Waals surface area contributed by atoms with Crippen LogP contribution in [0.2, 0.25) is 0 Å². The van der Waals surface area contributed by atoms with Crippen molar-refractivity contribution < 1.29 is 48.8 Å². The van der Waals surface area contributed by atoms with Crippen molar-refractivity contribution in [2.45, 2.75) is 44.0 Å². The second-order valence-corrected chi connectivity index (χ2v) is 7.93. The minimum absolute atomic E-state index is 0.101. The highest BCUT2D eigenvalue weighted by Gasteiger charge is 2.50. The van der Waals surface area contributed by atoms with E-state index in [1.165, 1.54) is 32.2 Å². The Balaban J connectivity index is 2.62. The summed E-state index contributed by atoms with van der Waals surface area (Å²) in [6.45, 7) is 0.981. The van der Waals surface area contributed by atoms with Crippen LogP contribution in [-0.2, 0) is 30.3 Å². The van der Waals surface area contributed by atoms with Gasteiger partial charge in [0.15, 0.2) is 0 Å². The topological polar surface area (TPSA) is 78.9 Å². The van der Waals surface area contributed by atoms with Crippen LogP contribution in [0.25, 0.3) is 5.76 Å². The van der Waals surface area contributed by atoms with Gasteiger partial charge in [0.05, 0.1) is 13.7 Å². The molecule has 2 rings (SSSR count). The van der Waals surface area contributed by atoms with E-state index >= 15 is 0 Å². The quantitative estimate of drug-likeness (QED) is 0.264. The molecule has 0 bridgehead atoms. The molecule has 30 heavy (non-hydrogen) atoms. The number of aryl methyl sites for hydroxylation is 1. The average Bonchev–Trinajstić information content (AvgIpc) is 2.79. The van der Waals surface area contributed by atoms with Crippen molar-refractivity contribution >= 4 is 21.8 Å². The second kappa shape index (κ2) is 8.78. The van der Waals surface area contributed by atoms with Gasteiger partial charge in [0, 0.05) is 12.0 Å². The summed E-state index contributed by atoms with van der Waals surface area (Å²) in [5, 5.41) is 0. The molecule has 0 saturated heterocycles. The Kier molecular flexibility index (Phi) is 7.00. The lowest BCUT2D eigenvalue weighted by Gasteiger charge is -2.20. The van der Waals surface area contributed by atoms with Crippen LogP contribution in [0.1, 0.15) is 37.3 Å². The first-order valence-electron chi connectivity index (χ1n) is 8.77. The van der Waals surface area contributed by atoms with Gasteiger partial charge >= 0.3 is 27.5 Å². The van der Waals surface area contributed by atoms with Gasteiger partial charge in [-0.15, -0.1) is 0 Å². The largest absolute Gasteiger partial charge is 0.534 e. The fourth-order valence-electron chi connectivity index (χ4n) is 2.93. The van der Waals surface area contributed by atoms with Gasteiger partial charge < -0.3 is 13.7 Å². The van der Waals surface area contributed by atoms with E-state index in [9.17, 15) is 35.2 Å². The van der Waals surface area contributed by atoms with Crippen LogP contribution in [0.4, 0.5) is 22.0 Å². The molecule has 0 heterocycles. The van der Waals surface area contributed by atoms with Crippen molar-refractivity contribution in [3.63, 3.8) is 0 Å². The number of hydrogen-bond donors (Lipinski definition) is 0. The average molecular weight is 458 g/mol. The van der Waals surface area contributed by atoms with Crippen molar-refractivity contribution in [3.8, 4) is 5.75 Å². The number of benzene rings is 1. The maximum Gasteiger partial charge on any atom is 0.534 e. The molecule has 0 N–H and O–H groups in total. The fraction of sp³-hybridized carbons (Fsp3) is 0.500. The number of fused-ring (bicyclic) bond motifs is 1. The van der Waals surface area contributed by atoms with Crippen LogP contribution in [0, 0.1) is 0 Å². The number of rotatable bonds is 7. The number of ether oxygens (including phenoxy) is 2. The van der Waals surface area contributed by atoms with E-state index in [1.54, 1.807) is 0 Å². The second-order valence-electron chi connectivity index (χ2n) is 6.39. The zero-order chi connectivity index (χ0) is 22.7. The summed E-state index contributed by atoms with van der Waals surface area (Å²) in [6.07, 6.45) is -1.12. The van der Waals surface area contributed by atoms with E-state index in [4.69, 9.17) is 4.74 Å². The minimum atomic E-state index is -6.14. The maximum absolute atomic E-state index is 14.3. The predicted molar refractivity (Wildman–Crippen MR) is 95.1 cm³/mol. The lowest BCUT2D eigenvalue weighted by atomic mass is 10.00. The van der Waals surface area contributed by atoms with Gasteiger partial charge in [-0.05, 0) is 55.5 Å². The van der Waals surface area contributed by atoms with Crippen LogP contribution in [-0.4, -0.2) is 39.5 Å². The molecule has 0 fully saturated rings. The molecule has 0 spiro atoms. The summed E-state index contributed by atoms with van der Waals surface area (Å²) < 4.78 is 104. The Bertz CT molecular complexity index is 937. The highest BCUT2D eigenvalue weighted by atomic mass is 32.2. The number of methoxy groups -OCH3 is 1. The molecule has 1 aliphatic rings. The lowest BCUT2D eigenvalue weighted by molar-refractivity contribution is -0.171. The molecule has 0 aromatic heterocycles. The number of carbonyl (C=O) groups is 1. The SMILES string of the molecule is CCOC(=O)C(F)(F)CC1=C(OS(=O)(=O)C(F)(F)F)c2ccc(OC)cc2CCC1. The lowest BCUT2D eigenvalue weighted by Crippen LogP contribution is -2.32. The van der Waals surface area contributed by atoms with E-state index in [0.717, 1.165) is 0 Å². The van der Waals surface area contributed by atoms with Crippen LogP contribution in [0.3, 0.4) is 0 Å². The molecule has 1 aromatic rings. The van der Waals surface area contributed by atoms with Crippen molar-refractivity contribution in [2.75, 3.05) is 13.7 Å². The van der Waals surface area contributed by atoms with E-state index < -0.39 is 45.3 Å². The van der Waals surface area contributed by atoms with Crippen LogP contribution in [0.15, 0.2) is 23.8 Å². The summed E-state index contributed by atoms with van der Waals surface area (Å²) in [5.74, 6) is -6.48. The van der Waals surface area contributed by atoms with Crippen LogP contribution in [0.5, 0.6) is 5.75 Å². The van der Waals surface area contributed by atoms with Crippen molar-refractivity contribution in [1.29, 1.82) is 0 Å². The summed E-state index contributed by atoms with van der Waals surface area (Å²) in [7, 11) is -4.79. The van der Waals surface area contributed by atoms with E-state index in [2.05, 4.69) is 8.92 Å². The number of esters is 1. The zero-order valence-electron chi connectivity index (χ0n) is 16.0. The molecular formula is C18H19F5O6S. The standard InChI is InChI=1S/C18H19F5O6S/c1-3-28-16(24)17(19,20)10-12-6-4-5-11-9-13(27-2)7-8-14(11)15(12)29-30(25,26)18(21,22)23/h7-9H,3-6,10H2,1-2H3. The highest BCUT2D eigenvalue weighted by Crippen LogP contribution is 2.40. The third-order valence-corrected chi connectivity index (χ3v) is 5.24. The zero-order valence-corrected chi connectivity index (χ0v) is 16.8. The van der Waals surface area contributed by atoms with E-state index in [1.807, 2.05) is 0 Å². The van der Waals surface area contributed by atoms with Gasteiger partial charge in [-0.25, -0.2) is 4.79 Å². The molecule has 1 aromatic carbocycles. The van der Waals surface area contributed by atoms with Crippen LogP contribution >= 0.6 is 0 Å². The van der Waals surface area contributed by atoms with E-state index in [-0.39, 0.29) is 31.4 Å². The Morgan fingerprint density at radius 3 is 2.37 bits per heavy atom. The molecule has 0 radical (unpaired) electrons. The number of allylic oxidation sites excluding steroid dienone is 1. The molecule has 6 nitrogen and oxygen atoms in total. The smallest absolute Gasteiger partial charge is 0.497 e. The summed E-state index contributed by atoms with van der Waals surface area (Å²) in [6, 6.07) is 4.00. The third-order valence-electron chi connectivity index (χ3n) is 4.29. The Hall–Kier alpha value is -2.37. The molecule has 0 aliphatic heterocycles. The normalized spacial score (nSPS) is 15.3. The summed E-state index contributed by atoms with van der Waals surface area (Å²) in [5.41, 5.74) is -5.95. The molecule has 1 aliphatic carbocycles. The van der Waals surface area contributed by atoms with Gasteiger partial charge in [-0.2, -0.15) is 30.4 Å². The van der Waals surface area contributed by atoms with Crippen LogP contribution < -0.4 is 4.74 Å². The fourth-order valence-corrected chi connectivity index (χ4v) is 3.45. The molecule has 12 heteroatoms. The van der Waals surface area contributed by atoms with Crippen molar-refractivity contribution in [2.24, 2.45) is 0 Å². The monoisotopic (exact) mass is 458 g/mol. The first-order valence-corrected chi connectivity index (χ1v) is 10.2. The van der Waals surface area contributed by atoms with Gasteiger partial charge in [0.25, 0.3) is 0 Å². The van der Waals surface area contributed by atoms with Gasteiger partial charge in [-0.1, -0.05) is 0 Å².